The van der Waals surface area contributed by atoms with E-state index in [1.165, 1.54) is 31.3 Å². The quantitative estimate of drug-likeness (QED) is 0.304. The standard InChI is InChI=1S/C26H39BrO3/c1-25-12-10-19(28)16-18(25)6-7-20-21-8-9-23(26(21,2)13-11-22(20)25)24(29)17-30-15-5-3-4-14-27/h16,20-23H,3-15,17H2,1-2H3. The Hall–Kier alpha value is -0.480. The molecular formula is C26H39BrO3. The average Bonchev–Trinajstić information content (AvgIpc) is 3.08. The Morgan fingerprint density at radius 3 is 2.70 bits per heavy atom. The van der Waals surface area contributed by atoms with Crippen LogP contribution in [0.25, 0.3) is 0 Å². The number of hydrogen-bond donors (Lipinski definition) is 0. The van der Waals surface area contributed by atoms with E-state index < -0.39 is 0 Å². The van der Waals surface area contributed by atoms with Crippen LogP contribution in [-0.2, 0) is 14.3 Å². The van der Waals surface area contributed by atoms with E-state index in [9.17, 15) is 9.59 Å². The number of carbonyl (C=O) groups excluding carboxylic acids is 2. The Morgan fingerprint density at radius 2 is 1.90 bits per heavy atom. The number of carbonyl (C=O) groups is 2. The van der Waals surface area contributed by atoms with Gasteiger partial charge in [0.25, 0.3) is 0 Å². The molecule has 4 rings (SSSR count). The van der Waals surface area contributed by atoms with Crippen molar-refractivity contribution in [3.63, 3.8) is 0 Å². The Morgan fingerprint density at radius 1 is 1.07 bits per heavy atom. The molecule has 3 fully saturated rings. The molecule has 30 heavy (non-hydrogen) atoms. The number of allylic oxidation sites excluding steroid dienone is 1. The predicted octanol–water partition coefficient (Wildman–Crippen LogP) is 6.29. The molecule has 6 unspecified atom stereocenters. The number of ketones is 2. The van der Waals surface area contributed by atoms with Gasteiger partial charge in [0, 0.05) is 24.3 Å². The highest BCUT2D eigenvalue weighted by molar-refractivity contribution is 9.09. The van der Waals surface area contributed by atoms with Gasteiger partial charge in [-0.1, -0.05) is 41.8 Å². The molecule has 3 nitrogen and oxygen atoms in total. The van der Waals surface area contributed by atoms with Crippen molar-refractivity contribution in [1.82, 2.24) is 0 Å². The molecule has 0 aromatic heterocycles. The van der Waals surface area contributed by atoms with Gasteiger partial charge in [-0.05, 0) is 92.4 Å². The number of ether oxygens (including phenoxy) is 1. The highest BCUT2D eigenvalue weighted by Crippen LogP contribution is 2.66. The fourth-order valence-electron chi connectivity index (χ4n) is 7.84. The number of rotatable bonds is 8. The molecule has 168 valence electrons. The lowest BCUT2D eigenvalue weighted by Crippen LogP contribution is -2.51. The van der Waals surface area contributed by atoms with Crippen LogP contribution in [0, 0.1) is 34.5 Å². The molecule has 0 amide bonds. The second-order valence-corrected chi connectivity index (χ2v) is 11.7. The molecule has 4 aliphatic rings. The summed E-state index contributed by atoms with van der Waals surface area (Å²) >= 11 is 3.46. The summed E-state index contributed by atoms with van der Waals surface area (Å²) in [5, 5.41) is 1.04. The molecule has 0 heterocycles. The van der Waals surface area contributed by atoms with Crippen LogP contribution in [0.2, 0.25) is 0 Å². The second-order valence-electron chi connectivity index (χ2n) is 10.9. The monoisotopic (exact) mass is 478 g/mol. The molecule has 0 aromatic carbocycles. The zero-order valence-corrected chi connectivity index (χ0v) is 20.5. The summed E-state index contributed by atoms with van der Waals surface area (Å²) in [6.45, 7) is 5.87. The van der Waals surface area contributed by atoms with E-state index in [4.69, 9.17) is 4.74 Å². The van der Waals surface area contributed by atoms with Crippen molar-refractivity contribution in [2.75, 3.05) is 18.5 Å². The van der Waals surface area contributed by atoms with Gasteiger partial charge in [-0.25, -0.2) is 0 Å². The molecule has 0 saturated heterocycles. The predicted molar refractivity (Wildman–Crippen MR) is 124 cm³/mol. The summed E-state index contributed by atoms with van der Waals surface area (Å²) in [4.78, 5) is 25.1. The highest BCUT2D eigenvalue weighted by Gasteiger charge is 2.59. The number of fused-ring (bicyclic) bond motifs is 5. The maximum atomic E-state index is 13.1. The van der Waals surface area contributed by atoms with Crippen LogP contribution in [0.1, 0.15) is 84.5 Å². The molecule has 0 spiro atoms. The third kappa shape index (κ3) is 4.00. The minimum absolute atomic E-state index is 0.152. The number of Topliss-reactive ketones (excluding diaryl/α,β-unsaturated/α-hetero) is 1. The second kappa shape index (κ2) is 9.17. The number of hydrogen-bond acceptors (Lipinski definition) is 3. The summed E-state index contributed by atoms with van der Waals surface area (Å²) in [5.74, 6) is 2.96. The van der Waals surface area contributed by atoms with Crippen molar-refractivity contribution in [1.29, 1.82) is 0 Å². The van der Waals surface area contributed by atoms with Gasteiger partial charge < -0.3 is 4.74 Å². The first-order valence-corrected chi connectivity index (χ1v) is 13.4. The average molecular weight is 479 g/mol. The van der Waals surface area contributed by atoms with Crippen LogP contribution in [0.15, 0.2) is 11.6 Å². The van der Waals surface area contributed by atoms with Gasteiger partial charge in [-0.3, -0.25) is 9.59 Å². The topological polar surface area (TPSA) is 43.4 Å². The zero-order valence-electron chi connectivity index (χ0n) is 18.9. The molecule has 0 aromatic rings. The van der Waals surface area contributed by atoms with Crippen LogP contribution in [0.4, 0.5) is 0 Å². The summed E-state index contributed by atoms with van der Waals surface area (Å²) in [6.07, 6.45) is 14.1. The first-order chi connectivity index (χ1) is 14.4. The summed E-state index contributed by atoms with van der Waals surface area (Å²) < 4.78 is 5.78. The Kier molecular flexibility index (Phi) is 6.94. The number of alkyl halides is 1. The maximum Gasteiger partial charge on any atom is 0.162 e. The molecule has 6 atom stereocenters. The fraction of sp³-hybridized carbons (Fsp3) is 0.846. The Labute approximate surface area is 190 Å². The van der Waals surface area contributed by atoms with Gasteiger partial charge in [0.1, 0.15) is 6.61 Å². The van der Waals surface area contributed by atoms with Crippen molar-refractivity contribution >= 4 is 27.5 Å². The third-order valence-electron chi connectivity index (χ3n) is 9.52. The molecule has 0 bridgehead atoms. The van der Waals surface area contributed by atoms with Crippen LogP contribution in [-0.4, -0.2) is 30.1 Å². The lowest BCUT2D eigenvalue weighted by molar-refractivity contribution is -0.135. The zero-order chi connectivity index (χ0) is 21.4. The molecule has 4 heteroatoms. The van der Waals surface area contributed by atoms with E-state index in [1.54, 1.807) is 0 Å². The summed E-state index contributed by atoms with van der Waals surface area (Å²) in [6, 6.07) is 0. The van der Waals surface area contributed by atoms with Gasteiger partial charge >= 0.3 is 0 Å². The van der Waals surface area contributed by atoms with E-state index in [-0.39, 0.29) is 16.7 Å². The van der Waals surface area contributed by atoms with Crippen LogP contribution in [0.5, 0.6) is 0 Å². The largest absolute Gasteiger partial charge is 0.374 e. The SMILES string of the molecule is CC12CCC(=O)C=C1CCC1C2CCC2(C)C(C(=O)COCCCCCBr)CCC12. The van der Waals surface area contributed by atoms with Crippen molar-refractivity contribution < 1.29 is 14.3 Å². The lowest BCUT2D eigenvalue weighted by atomic mass is 9.46. The van der Waals surface area contributed by atoms with E-state index in [1.807, 2.05) is 6.08 Å². The van der Waals surface area contributed by atoms with E-state index >= 15 is 0 Å². The minimum atomic E-state index is 0.152. The van der Waals surface area contributed by atoms with Crippen molar-refractivity contribution in [2.24, 2.45) is 34.5 Å². The molecule has 4 aliphatic carbocycles. The van der Waals surface area contributed by atoms with Crippen molar-refractivity contribution in [3.8, 4) is 0 Å². The summed E-state index contributed by atoms with van der Waals surface area (Å²) in [7, 11) is 0. The van der Waals surface area contributed by atoms with Gasteiger partial charge in [-0.2, -0.15) is 0 Å². The van der Waals surface area contributed by atoms with Gasteiger partial charge in [0.05, 0.1) is 0 Å². The lowest BCUT2D eigenvalue weighted by Gasteiger charge is -2.58. The Bertz CT molecular complexity index is 700. The number of halogens is 1. The van der Waals surface area contributed by atoms with Gasteiger partial charge in [0.2, 0.25) is 0 Å². The van der Waals surface area contributed by atoms with E-state index in [0.29, 0.717) is 36.6 Å². The molecular weight excluding hydrogens is 440 g/mol. The smallest absolute Gasteiger partial charge is 0.162 e. The van der Waals surface area contributed by atoms with Crippen molar-refractivity contribution in [3.05, 3.63) is 11.6 Å². The fourth-order valence-corrected chi connectivity index (χ4v) is 8.23. The first-order valence-electron chi connectivity index (χ1n) is 12.3. The maximum absolute atomic E-state index is 13.1. The highest BCUT2D eigenvalue weighted by atomic mass is 79.9. The normalized spacial score (nSPS) is 40.4. The van der Waals surface area contributed by atoms with Crippen molar-refractivity contribution in [2.45, 2.75) is 84.5 Å². The Balaban J connectivity index is 1.40. The molecule has 0 N–H and O–H groups in total. The third-order valence-corrected chi connectivity index (χ3v) is 10.1. The summed E-state index contributed by atoms with van der Waals surface area (Å²) in [5.41, 5.74) is 1.81. The van der Waals surface area contributed by atoms with Crippen LogP contribution in [0.3, 0.4) is 0 Å². The van der Waals surface area contributed by atoms with Crippen LogP contribution >= 0.6 is 15.9 Å². The van der Waals surface area contributed by atoms with Gasteiger partial charge in [0.15, 0.2) is 11.6 Å². The minimum Gasteiger partial charge on any atom is -0.374 e. The van der Waals surface area contributed by atoms with E-state index in [2.05, 4.69) is 29.8 Å². The van der Waals surface area contributed by atoms with E-state index in [0.717, 1.165) is 56.2 Å². The number of unbranched alkanes of at least 4 members (excludes halogenated alkanes) is 2. The van der Waals surface area contributed by atoms with Gasteiger partial charge in [-0.15, -0.1) is 0 Å². The molecule has 0 aliphatic heterocycles. The first kappa shape index (κ1) is 22.7. The van der Waals surface area contributed by atoms with Crippen LogP contribution < -0.4 is 0 Å². The molecule has 0 radical (unpaired) electrons. The molecule has 3 saturated carbocycles.